The molecule has 0 saturated heterocycles. The van der Waals surface area contributed by atoms with Crippen LogP contribution in [-0.4, -0.2) is 29.6 Å². The maximum atomic E-state index is 13.1. The van der Waals surface area contributed by atoms with Crippen LogP contribution in [0.2, 0.25) is 0 Å². The lowest BCUT2D eigenvalue weighted by Gasteiger charge is -2.18. The summed E-state index contributed by atoms with van der Waals surface area (Å²) in [7, 11) is 1.13. The molecule has 2 aromatic rings. The molecule has 0 unspecified atom stereocenters. The van der Waals surface area contributed by atoms with Crippen LogP contribution in [0, 0.1) is 0 Å². The van der Waals surface area contributed by atoms with Crippen LogP contribution in [0.15, 0.2) is 47.6 Å². The highest BCUT2D eigenvalue weighted by molar-refractivity contribution is 8.13. The van der Waals surface area contributed by atoms with E-state index in [1.165, 1.54) is 24.5 Å². The van der Waals surface area contributed by atoms with Gasteiger partial charge in [-0.15, -0.1) is 11.8 Å². The van der Waals surface area contributed by atoms with Crippen molar-refractivity contribution in [3.05, 3.63) is 64.7 Å². The van der Waals surface area contributed by atoms with E-state index in [0.717, 1.165) is 18.9 Å². The largest absolute Gasteiger partial charge is 0.463 e. The normalized spacial score (nSPS) is 12.6. The van der Waals surface area contributed by atoms with Crippen molar-refractivity contribution in [1.82, 2.24) is 0 Å². The van der Waals surface area contributed by atoms with Gasteiger partial charge in [-0.05, 0) is 30.5 Å². The first kappa shape index (κ1) is 25.3. The molecule has 0 fully saturated rings. The van der Waals surface area contributed by atoms with E-state index in [4.69, 9.17) is 9.68 Å². The number of carboxylic acid groups (broad SMARTS) is 1. The minimum atomic E-state index is -5.00. The maximum Gasteiger partial charge on any atom is 0.436 e. The molecule has 0 atom stereocenters. The molecular formula is C19H16F6N2O4S. The summed E-state index contributed by atoms with van der Waals surface area (Å²) in [5.41, 5.74) is -3.00. The quantitative estimate of drug-likeness (QED) is 0.236. The van der Waals surface area contributed by atoms with Crippen LogP contribution in [0.4, 0.5) is 36.8 Å². The predicted octanol–water partition coefficient (Wildman–Crippen LogP) is 6.01. The minimum Gasteiger partial charge on any atom is -0.463 e. The number of alkyl halides is 6. The number of rotatable bonds is 6. The van der Waals surface area contributed by atoms with Gasteiger partial charge in [0.25, 0.3) is 0 Å². The summed E-state index contributed by atoms with van der Waals surface area (Å²) in [5, 5.41) is 13.2. The number of para-hydroxylation sites is 1. The summed E-state index contributed by atoms with van der Waals surface area (Å²) < 4.78 is 78.5. The van der Waals surface area contributed by atoms with Gasteiger partial charge in [0.05, 0.1) is 23.9 Å². The molecule has 1 N–H and O–H groups in total. The Kier molecular flexibility index (Phi) is 8.02. The highest BCUT2D eigenvalue weighted by Crippen LogP contribution is 2.37. The number of hydroxylamine groups is 1. The molecule has 6 nitrogen and oxygen atoms in total. The van der Waals surface area contributed by atoms with E-state index in [1.807, 2.05) is 0 Å². The molecule has 0 aliphatic carbocycles. The molecule has 0 aliphatic heterocycles. The third-order valence-corrected chi connectivity index (χ3v) is 4.66. The summed E-state index contributed by atoms with van der Waals surface area (Å²) in [5.74, 6) is 0. The minimum absolute atomic E-state index is 0.0176. The Hall–Kier alpha value is -2.93. The zero-order valence-electron chi connectivity index (χ0n) is 16.5. The van der Waals surface area contributed by atoms with E-state index in [1.54, 1.807) is 6.07 Å². The molecule has 0 saturated carbocycles. The molecular weight excluding hydrogens is 466 g/mol. The van der Waals surface area contributed by atoms with Gasteiger partial charge in [-0.3, -0.25) is 4.84 Å². The fourth-order valence-electron chi connectivity index (χ4n) is 2.56. The van der Waals surface area contributed by atoms with Gasteiger partial charge in [-0.1, -0.05) is 23.4 Å². The van der Waals surface area contributed by atoms with E-state index in [9.17, 15) is 36.2 Å². The predicted molar refractivity (Wildman–Crippen MR) is 105 cm³/mol. The fraction of sp³-hybridized carbons (Fsp3) is 0.263. The number of hydrogen-bond acceptors (Lipinski definition) is 5. The molecule has 0 aromatic heterocycles. The highest BCUT2D eigenvalue weighted by Gasteiger charge is 2.37. The number of amides is 1. The Labute approximate surface area is 182 Å². The first-order chi connectivity index (χ1) is 14.9. The van der Waals surface area contributed by atoms with E-state index in [2.05, 4.69) is 5.16 Å². The monoisotopic (exact) mass is 482 g/mol. The number of hydrogen-bond donors (Lipinski definition) is 1. The third kappa shape index (κ3) is 6.29. The van der Waals surface area contributed by atoms with Gasteiger partial charge < -0.3 is 9.94 Å². The van der Waals surface area contributed by atoms with Crippen LogP contribution in [0.3, 0.4) is 0 Å². The van der Waals surface area contributed by atoms with Crippen molar-refractivity contribution >= 4 is 28.6 Å². The summed E-state index contributed by atoms with van der Waals surface area (Å²) in [4.78, 5) is 21.2. The number of anilines is 1. The van der Waals surface area contributed by atoms with Crippen molar-refractivity contribution in [3.8, 4) is 0 Å². The molecule has 0 bridgehead atoms. The molecule has 2 rings (SSSR count). The molecule has 32 heavy (non-hydrogen) atoms. The van der Waals surface area contributed by atoms with Crippen molar-refractivity contribution < 1.29 is 45.9 Å². The van der Waals surface area contributed by atoms with Crippen molar-refractivity contribution in [2.45, 2.75) is 19.0 Å². The lowest BCUT2D eigenvalue weighted by Crippen LogP contribution is -2.28. The van der Waals surface area contributed by atoms with Crippen LogP contribution in [0.1, 0.15) is 22.3 Å². The summed E-state index contributed by atoms with van der Waals surface area (Å²) >= 11 is 0.778. The number of halogens is 6. The fourth-order valence-corrected chi connectivity index (χ4v) is 3.04. The van der Waals surface area contributed by atoms with E-state index in [-0.39, 0.29) is 23.4 Å². The number of thioether (sulfide) groups is 1. The van der Waals surface area contributed by atoms with Crippen molar-refractivity contribution in [1.29, 1.82) is 0 Å². The number of benzene rings is 2. The molecule has 174 valence electrons. The standard InChI is InChI=1S/C19H16F6N2O4S/c1-30-27(17(28)29)15-6-4-3-5-11(15)10-31-26-16(32-2)12-7-13(18(20,21)22)9-14(8-12)19(23,24)25/h3-9H,10H2,1-2H3,(H,28,29). The number of oxime groups is 1. The van der Waals surface area contributed by atoms with E-state index < -0.39 is 35.1 Å². The molecule has 1 amide bonds. The van der Waals surface area contributed by atoms with Gasteiger partial charge >= 0.3 is 18.4 Å². The lowest BCUT2D eigenvalue weighted by atomic mass is 10.1. The zero-order valence-corrected chi connectivity index (χ0v) is 17.3. The zero-order chi connectivity index (χ0) is 24.1. The lowest BCUT2D eigenvalue weighted by molar-refractivity contribution is -0.143. The number of nitrogens with zero attached hydrogens (tertiary/aromatic N) is 2. The Morgan fingerprint density at radius 2 is 1.62 bits per heavy atom. The second kappa shape index (κ2) is 10.1. The van der Waals surface area contributed by atoms with Gasteiger partial charge in [-0.25, -0.2) is 4.79 Å². The Morgan fingerprint density at radius 3 is 2.09 bits per heavy atom. The first-order valence-electron chi connectivity index (χ1n) is 8.57. The Morgan fingerprint density at radius 1 is 1.06 bits per heavy atom. The summed E-state index contributed by atoms with van der Waals surface area (Å²) in [6, 6.07) is 7.11. The third-order valence-electron chi connectivity index (χ3n) is 3.96. The molecule has 2 aromatic carbocycles. The average Bonchev–Trinajstić information content (AvgIpc) is 2.71. The summed E-state index contributed by atoms with van der Waals surface area (Å²) in [6.45, 7) is -0.335. The first-order valence-corrected chi connectivity index (χ1v) is 9.79. The molecule has 13 heteroatoms. The van der Waals surface area contributed by atoms with E-state index in [0.29, 0.717) is 22.8 Å². The average molecular weight is 482 g/mol. The van der Waals surface area contributed by atoms with Crippen molar-refractivity contribution in [3.63, 3.8) is 0 Å². The second-order valence-corrected chi connectivity index (χ2v) is 6.85. The SMILES string of the molecule is CON(C(=O)O)c1ccccc1CON=C(SC)c1cc(C(F)(F)F)cc(C(F)(F)F)c1. The van der Waals surface area contributed by atoms with Gasteiger partial charge in [-0.2, -0.15) is 31.4 Å². The molecule has 0 aliphatic rings. The van der Waals surface area contributed by atoms with Crippen LogP contribution in [0.25, 0.3) is 0 Å². The summed E-state index contributed by atoms with van der Waals surface area (Å²) in [6.07, 6.45) is -10.0. The molecule has 0 heterocycles. The highest BCUT2D eigenvalue weighted by atomic mass is 32.2. The Balaban J connectivity index is 2.37. The van der Waals surface area contributed by atoms with Crippen LogP contribution in [0.5, 0.6) is 0 Å². The number of carbonyl (C=O) groups is 1. The Bertz CT molecular complexity index is 962. The second-order valence-electron chi connectivity index (χ2n) is 6.06. The molecule has 0 spiro atoms. The van der Waals surface area contributed by atoms with Crippen molar-refractivity contribution in [2.24, 2.45) is 5.16 Å². The van der Waals surface area contributed by atoms with Crippen LogP contribution >= 0.6 is 11.8 Å². The van der Waals surface area contributed by atoms with Crippen molar-refractivity contribution in [2.75, 3.05) is 18.4 Å². The molecule has 0 radical (unpaired) electrons. The topological polar surface area (TPSA) is 71.4 Å². The van der Waals surface area contributed by atoms with Gasteiger partial charge in [0.1, 0.15) is 11.7 Å². The van der Waals surface area contributed by atoms with Crippen LogP contribution < -0.4 is 5.06 Å². The maximum absolute atomic E-state index is 13.1. The van der Waals surface area contributed by atoms with Crippen LogP contribution in [-0.2, 0) is 28.6 Å². The smallest absolute Gasteiger partial charge is 0.436 e. The van der Waals surface area contributed by atoms with Gasteiger partial charge in [0.2, 0.25) is 0 Å². The van der Waals surface area contributed by atoms with Gasteiger partial charge in [0, 0.05) is 11.1 Å². The van der Waals surface area contributed by atoms with E-state index >= 15 is 0 Å². The van der Waals surface area contributed by atoms with Gasteiger partial charge in [0.15, 0.2) is 0 Å².